The molecule has 0 spiro atoms. The van der Waals surface area contributed by atoms with Crippen LogP contribution in [0.1, 0.15) is 33.6 Å². The van der Waals surface area contributed by atoms with E-state index in [1.54, 1.807) is 6.92 Å². The van der Waals surface area contributed by atoms with Crippen LogP contribution in [0.15, 0.2) is 0 Å². The minimum Gasteiger partial charge on any atom is -0.352 e. The Balaban J connectivity index is 2.40. The van der Waals surface area contributed by atoms with Gasteiger partial charge < -0.3 is 9.47 Å². The maximum absolute atomic E-state index is 11.4. The maximum atomic E-state index is 11.4. The molecule has 0 aliphatic carbocycles. The lowest BCUT2D eigenvalue weighted by Crippen LogP contribution is -2.43. The van der Waals surface area contributed by atoms with Crippen molar-refractivity contribution in [1.82, 2.24) is 4.90 Å². The first kappa shape index (κ1) is 14.6. The normalized spacial score (nSPS) is 22.0. The van der Waals surface area contributed by atoms with Crippen LogP contribution in [-0.4, -0.2) is 49.8 Å². The quantitative estimate of drug-likeness (QED) is 0.638. The van der Waals surface area contributed by atoms with E-state index in [4.69, 9.17) is 9.47 Å². The highest BCUT2D eigenvalue weighted by Crippen LogP contribution is 2.17. The number of Topliss-reactive ketones (excluding diaryl/α,β-unsaturated/α-hetero) is 1. The molecule has 0 bridgehead atoms. The number of ketones is 1. The highest BCUT2D eigenvalue weighted by molar-refractivity contribution is 5.78. The molecule has 1 aliphatic rings. The second-order valence-corrected chi connectivity index (χ2v) is 4.55. The predicted molar refractivity (Wildman–Crippen MR) is 66.9 cm³/mol. The molecule has 1 atom stereocenters. The van der Waals surface area contributed by atoms with Gasteiger partial charge in [0.25, 0.3) is 0 Å². The second kappa shape index (κ2) is 7.80. The first-order valence-electron chi connectivity index (χ1n) is 6.63. The average molecular weight is 243 g/mol. The van der Waals surface area contributed by atoms with Gasteiger partial charge in [-0.25, -0.2) is 0 Å². The molecule has 0 aromatic carbocycles. The van der Waals surface area contributed by atoms with E-state index in [1.807, 2.05) is 13.8 Å². The van der Waals surface area contributed by atoms with Crippen molar-refractivity contribution in [3.63, 3.8) is 0 Å². The van der Waals surface area contributed by atoms with Crippen LogP contribution in [-0.2, 0) is 14.3 Å². The number of piperidine rings is 1. The molecular formula is C13H25NO3. The van der Waals surface area contributed by atoms with Gasteiger partial charge in [0, 0.05) is 32.2 Å². The molecule has 1 saturated heterocycles. The van der Waals surface area contributed by atoms with Crippen molar-refractivity contribution >= 4 is 5.78 Å². The highest BCUT2D eigenvalue weighted by atomic mass is 16.7. The summed E-state index contributed by atoms with van der Waals surface area (Å²) < 4.78 is 11.1. The molecule has 0 aromatic heterocycles. The molecule has 0 amide bonds. The number of hydrogen-bond acceptors (Lipinski definition) is 4. The Kier molecular flexibility index (Phi) is 6.70. The van der Waals surface area contributed by atoms with Crippen LogP contribution >= 0.6 is 0 Å². The minimum absolute atomic E-state index is 0.157. The molecule has 0 aromatic rings. The Hall–Kier alpha value is -0.450. The van der Waals surface area contributed by atoms with Crippen LogP contribution in [0, 0.1) is 5.92 Å². The summed E-state index contributed by atoms with van der Waals surface area (Å²) in [4.78, 5) is 13.7. The topological polar surface area (TPSA) is 38.8 Å². The van der Waals surface area contributed by atoms with E-state index in [-0.39, 0.29) is 12.2 Å². The molecule has 0 saturated carbocycles. The number of carbonyl (C=O) groups excluding carboxylic acids is 1. The summed E-state index contributed by atoms with van der Waals surface area (Å²) in [6.07, 6.45) is 1.96. The van der Waals surface area contributed by atoms with Crippen LogP contribution in [0.3, 0.4) is 0 Å². The largest absolute Gasteiger partial charge is 0.352 e. The molecule has 17 heavy (non-hydrogen) atoms. The molecule has 1 heterocycles. The summed E-state index contributed by atoms with van der Waals surface area (Å²) in [5.41, 5.74) is 0. The van der Waals surface area contributed by atoms with E-state index in [0.29, 0.717) is 19.0 Å². The van der Waals surface area contributed by atoms with E-state index in [2.05, 4.69) is 4.90 Å². The first-order chi connectivity index (χ1) is 8.17. The number of carbonyl (C=O) groups is 1. The van der Waals surface area contributed by atoms with E-state index >= 15 is 0 Å². The van der Waals surface area contributed by atoms with Gasteiger partial charge in [0.1, 0.15) is 5.78 Å². The van der Waals surface area contributed by atoms with Crippen molar-refractivity contribution in [2.24, 2.45) is 5.92 Å². The van der Waals surface area contributed by atoms with Crippen molar-refractivity contribution in [3.8, 4) is 0 Å². The predicted octanol–water partition coefficient (Wildman–Crippen LogP) is 1.69. The highest BCUT2D eigenvalue weighted by Gasteiger charge is 2.25. The third kappa shape index (κ3) is 5.15. The van der Waals surface area contributed by atoms with Gasteiger partial charge >= 0.3 is 0 Å². The van der Waals surface area contributed by atoms with Gasteiger partial charge in [-0.2, -0.15) is 0 Å². The molecule has 1 unspecified atom stereocenters. The van der Waals surface area contributed by atoms with E-state index in [0.717, 1.165) is 32.5 Å². The lowest BCUT2D eigenvalue weighted by Gasteiger charge is -2.33. The molecule has 1 fully saturated rings. The Morgan fingerprint density at radius 3 is 2.53 bits per heavy atom. The number of likely N-dealkylation sites (tertiary alicyclic amines) is 1. The molecule has 4 nitrogen and oxygen atoms in total. The number of ether oxygens (including phenoxy) is 2. The van der Waals surface area contributed by atoms with Crippen LogP contribution in [0.25, 0.3) is 0 Å². The summed E-state index contributed by atoms with van der Waals surface area (Å²) in [7, 11) is 0. The van der Waals surface area contributed by atoms with Crippen molar-refractivity contribution in [1.29, 1.82) is 0 Å². The van der Waals surface area contributed by atoms with E-state index in [9.17, 15) is 4.79 Å². The maximum Gasteiger partial charge on any atom is 0.170 e. The van der Waals surface area contributed by atoms with Gasteiger partial charge in [0.2, 0.25) is 0 Å². The van der Waals surface area contributed by atoms with Crippen molar-refractivity contribution in [3.05, 3.63) is 0 Å². The number of rotatable bonds is 7. The van der Waals surface area contributed by atoms with Gasteiger partial charge in [-0.1, -0.05) is 0 Å². The number of nitrogens with zero attached hydrogens (tertiary/aromatic N) is 1. The molecule has 0 radical (unpaired) electrons. The van der Waals surface area contributed by atoms with Crippen molar-refractivity contribution in [2.45, 2.75) is 39.9 Å². The fourth-order valence-corrected chi connectivity index (χ4v) is 2.29. The average Bonchev–Trinajstić information content (AvgIpc) is 2.30. The monoisotopic (exact) mass is 243 g/mol. The first-order valence-corrected chi connectivity index (χ1v) is 6.63. The van der Waals surface area contributed by atoms with Crippen molar-refractivity contribution < 1.29 is 14.3 Å². The SMILES string of the molecule is CCOC(CN1CCCC(C(C)=O)C1)OCC. The zero-order chi connectivity index (χ0) is 12.7. The van der Waals surface area contributed by atoms with Crippen molar-refractivity contribution in [2.75, 3.05) is 32.8 Å². The molecule has 4 heteroatoms. The zero-order valence-electron chi connectivity index (χ0n) is 11.3. The van der Waals surface area contributed by atoms with Crippen LogP contribution < -0.4 is 0 Å². The van der Waals surface area contributed by atoms with Gasteiger partial charge in [0.15, 0.2) is 6.29 Å². The van der Waals surface area contributed by atoms with E-state index in [1.165, 1.54) is 0 Å². The molecule has 1 aliphatic heterocycles. The summed E-state index contributed by atoms with van der Waals surface area (Å²) >= 11 is 0. The third-order valence-corrected chi connectivity index (χ3v) is 3.19. The molecular weight excluding hydrogens is 218 g/mol. The van der Waals surface area contributed by atoms with Gasteiger partial charge in [-0.3, -0.25) is 9.69 Å². The summed E-state index contributed by atoms with van der Waals surface area (Å²) in [6.45, 7) is 9.62. The Morgan fingerprint density at radius 1 is 1.35 bits per heavy atom. The number of hydrogen-bond donors (Lipinski definition) is 0. The zero-order valence-corrected chi connectivity index (χ0v) is 11.3. The molecule has 1 rings (SSSR count). The van der Waals surface area contributed by atoms with Gasteiger partial charge in [-0.05, 0) is 40.2 Å². The summed E-state index contributed by atoms with van der Waals surface area (Å²) in [6, 6.07) is 0. The lowest BCUT2D eigenvalue weighted by atomic mass is 9.95. The smallest absolute Gasteiger partial charge is 0.170 e. The van der Waals surface area contributed by atoms with Crippen LogP contribution in [0.4, 0.5) is 0 Å². The summed E-state index contributed by atoms with van der Waals surface area (Å²) in [5.74, 6) is 0.506. The van der Waals surface area contributed by atoms with Crippen LogP contribution in [0.2, 0.25) is 0 Å². The fraction of sp³-hybridized carbons (Fsp3) is 0.923. The standard InChI is InChI=1S/C13H25NO3/c1-4-16-13(17-5-2)10-14-8-6-7-12(9-14)11(3)15/h12-13H,4-10H2,1-3H3. The third-order valence-electron chi connectivity index (χ3n) is 3.19. The van der Waals surface area contributed by atoms with Gasteiger partial charge in [0.05, 0.1) is 0 Å². The van der Waals surface area contributed by atoms with Gasteiger partial charge in [-0.15, -0.1) is 0 Å². The Labute approximate surface area is 104 Å². The van der Waals surface area contributed by atoms with Crippen LogP contribution in [0.5, 0.6) is 0 Å². The lowest BCUT2D eigenvalue weighted by molar-refractivity contribution is -0.151. The molecule has 100 valence electrons. The van der Waals surface area contributed by atoms with E-state index < -0.39 is 0 Å². The Bertz CT molecular complexity index is 227. The minimum atomic E-state index is -0.157. The Morgan fingerprint density at radius 2 is 2.00 bits per heavy atom. The fourth-order valence-electron chi connectivity index (χ4n) is 2.29. The summed E-state index contributed by atoms with van der Waals surface area (Å²) in [5, 5.41) is 0. The molecule has 0 N–H and O–H groups in total. The second-order valence-electron chi connectivity index (χ2n) is 4.55.